The Morgan fingerprint density at radius 3 is 2.71 bits per heavy atom. The molecule has 10 heteroatoms. The number of piperidine rings is 1. The van der Waals surface area contributed by atoms with Crippen LogP contribution in [-0.4, -0.2) is 46.2 Å². The Morgan fingerprint density at radius 2 is 1.97 bits per heavy atom. The minimum Gasteiger partial charge on any atom is -0.454 e. The minimum absolute atomic E-state index is 0.0204. The van der Waals surface area contributed by atoms with Crippen molar-refractivity contribution in [2.24, 2.45) is 11.7 Å². The zero-order chi connectivity index (χ0) is 24.7. The van der Waals surface area contributed by atoms with E-state index in [0.717, 1.165) is 17.8 Å². The van der Waals surface area contributed by atoms with Crippen LogP contribution in [0.1, 0.15) is 17.4 Å². The maximum atomic E-state index is 14.2. The van der Waals surface area contributed by atoms with E-state index >= 15 is 0 Å². The fourth-order valence-electron chi connectivity index (χ4n) is 4.36. The first-order valence-corrected chi connectivity index (χ1v) is 11.1. The van der Waals surface area contributed by atoms with Crippen LogP contribution < -0.4 is 16.0 Å². The Hall–Kier alpha value is -3.89. The molecule has 180 valence electrons. The molecule has 1 aliphatic heterocycles. The van der Waals surface area contributed by atoms with E-state index in [1.807, 2.05) is 11.8 Å². The molecule has 4 N–H and O–H groups in total. The number of aromatic nitrogens is 2. The molecule has 5 rings (SSSR count). The highest BCUT2D eigenvalue weighted by Crippen LogP contribution is 2.32. The molecule has 1 saturated heterocycles. The van der Waals surface area contributed by atoms with Gasteiger partial charge in [-0.25, -0.2) is 13.8 Å². The van der Waals surface area contributed by atoms with Crippen LogP contribution in [0.15, 0.2) is 59.3 Å². The number of hydrogen-bond donors (Lipinski definition) is 3. The lowest BCUT2D eigenvalue weighted by Gasteiger charge is -2.40. The summed E-state index contributed by atoms with van der Waals surface area (Å²) < 4.78 is 33.9. The molecule has 8 nitrogen and oxygen atoms in total. The van der Waals surface area contributed by atoms with Crippen molar-refractivity contribution in [1.82, 2.24) is 9.97 Å². The number of fused-ring (bicyclic) bond motifs is 1. The van der Waals surface area contributed by atoms with Crippen LogP contribution in [0, 0.1) is 17.6 Å². The zero-order valence-electron chi connectivity index (χ0n) is 18.8. The number of halogens is 2. The highest BCUT2D eigenvalue weighted by Gasteiger charge is 2.32. The average Bonchev–Trinajstić information content (AvgIpc) is 3.25. The highest BCUT2D eigenvalue weighted by atomic mass is 19.1. The smallest absolute Gasteiger partial charge is 0.274 e. The van der Waals surface area contributed by atoms with Crippen molar-refractivity contribution in [3.63, 3.8) is 0 Å². The monoisotopic (exact) mass is 479 g/mol. The number of furan rings is 1. The number of nitrogens with one attached hydrogen (secondary N) is 1. The zero-order valence-corrected chi connectivity index (χ0v) is 18.8. The minimum atomic E-state index is -0.759. The van der Waals surface area contributed by atoms with Gasteiger partial charge in [-0.3, -0.25) is 9.78 Å². The van der Waals surface area contributed by atoms with Gasteiger partial charge >= 0.3 is 0 Å². The van der Waals surface area contributed by atoms with Gasteiger partial charge in [0.1, 0.15) is 28.6 Å². The fraction of sp³-hybridized carbons (Fsp3) is 0.240. The summed E-state index contributed by atoms with van der Waals surface area (Å²) >= 11 is 0. The normalized spacial score (nSPS) is 20.3. The molecule has 0 radical (unpaired) electrons. The maximum absolute atomic E-state index is 14.2. The summed E-state index contributed by atoms with van der Waals surface area (Å²) in [5.41, 5.74) is 7.66. The first kappa shape index (κ1) is 22.9. The summed E-state index contributed by atoms with van der Waals surface area (Å²) in [5, 5.41) is 13.0. The number of hydrogen-bond acceptors (Lipinski definition) is 7. The van der Waals surface area contributed by atoms with E-state index in [4.69, 9.17) is 10.2 Å². The number of aliphatic hydroxyl groups excluding tert-OH is 1. The molecule has 3 atom stereocenters. The fourth-order valence-corrected chi connectivity index (χ4v) is 4.36. The van der Waals surface area contributed by atoms with Crippen molar-refractivity contribution in [2.45, 2.75) is 19.1 Å². The van der Waals surface area contributed by atoms with Gasteiger partial charge in [0.2, 0.25) is 0 Å². The van der Waals surface area contributed by atoms with Gasteiger partial charge in [0.05, 0.1) is 29.2 Å². The van der Waals surface area contributed by atoms with E-state index in [9.17, 15) is 18.7 Å². The predicted molar refractivity (Wildman–Crippen MR) is 127 cm³/mol. The van der Waals surface area contributed by atoms with E-state index in [2.05, 4.69) is 15.3 Å². The molecule has 4 aromatic rings. The molecule has 1 amide bonds. The van der Waals surface area contributed by atoms with E-state index < -0.39 is 29.7 Å². The van der Waals surface area contributed by atoms with Crippen LogP contribution in [0.25, 0.3) is 22.4 Å². The first-order valence-electron chi connectivity index (χ1n) is 11.1. The standard InChI is InChI=1S/C25H23F2N5O3/c1-13-11-32(12-16(28)24(13)33)20-7-8-29-10-19(20)31-25(34)17-5-6-21-18(30-17)9-22(35-21)23-14(26)3-2-4-15(23)27/h2-10,13,16,24,33H,11-12,28H2,1H3,(H,31,34). The van der Waals surface area contributed by atoms with E-state index in [1.165, 1.54) is 30.5 Å². The van der Waals surface area contributed by atoms with Crippen LogP contribution in [0.2, 0.25) is 0 Å². The second-order valence-electron chi connectivity index (χ2n) is 8.67. The number of aliphatic hydroxyl groups is 1. The number of benzene rings is 1. The number of nitrogens with two attached hydrogens (primary N) is 1. The molecule has 0 aliphatic carbocycles. The molecule has 35 heavy (non-hydrogen) atoms. The van der Waals surface area contributed by atoms with Crippen molar-refractivity contribution in [3.8, 4) is 11.3 Å². The molecule has 4 heterocycles. The lowest BCUT2D eigenvalue weighted by atomic mass is 9.92. The maximum Gasteiger partial charge on any atom is 0.274 e. The molecule has 3 unspecified atom stereocenters. The Labute approximate surface area is 199 Å². The Balaban J connectivity index is 1.41. The molecule has 1 aromatic carbocycles. The number of carbonyl (C=O) groups excluding carboxylic acids is 1. The van der Waals surface area contributed by atoms with Gasteiger partial charge in [-0.1, -0.05) is 13.0 Å². The Bertz CT molecular complexity index is 1380. The van der Waals surface area contributed by atoms with Gasteiger partial charge in [0.15, 0.2) is 5.58 Å². The quantitative estimate of drug-likeness (QED) is 0.410. The summed E-state index contributed by atoms with van der Waals surface area (Å²) in [6.07, 6.45) is 2.55. The molecule has 3 aromatic heterocycles. The first-order chi connectivity index (χ1) is 16.8. The summed E-state index contributed by atoms with van der Waals surface area (Å²) in [6.45, 7) is 2.91. The van der Waals surface area contributed by atoms with Crippen LogP contribution >= 0.6 is 0 Å². The van der Waals surface area contributed by atoms with Gasteiger partial charge in [0.25, 0.3) is 5.91 Å². The van der Waals surface area contributed by atoms with Gasteiger partial charge in [0, 0.05) is 37.3 Å². The number of pyridine rings is 2. The molecule has 0 spiro atoms. The molecule has 1 fully saturated rings. The van der Waals surface area contributed by atoms with E-state index in [1.54, 1.807) is 12.3 Å². The van der Waals surface area contributed by atoms with Crippen LogP contribution in [0.4, 0.5) is 20.2 Å². The Morgan fingerprint density at radius 1 is 1.20 bits per heavy atom. The van der Waals surface area contributed by atoms with Gasteiger partial charge in [-0.2, -0.15) is 0 Å². The lowest BCUT2D eigenvalue weighted by molar-refractivity contribution is 0.0785. The predicted octanol–water partition coefficient (Wildman–Crippen LogP) is 3.56. The number of rotatable bonds is 4. The third kappa shape index (κ3) is 4.33. The molecule has 0 saturated carbocycles. The number of anilines is 2. The third-order valence-electron chi connectivity index (χ3n) is 6.16. The average molecular weight is 479 g/mol. The Kier molecular flexibility index (Phi) is 5.91. The van der Waals surface area contributed by atoms with E-state index in [-0.39, 0.29) is 34.0 Å². The summed E-state index contributed by atoms with van der Waals surface area (Å²) in [5.74, 6) is -2.08. The second kappa shape index (κ2) is 9.05. The van der Waals surface area contributed by atoms with Crippen LogP contribution in [-0.2, 0) is 0 Å². The molecular weight excluding hydrogens is 456 g/mol. The summed E-state index contributed by atoms with van der Waals surface area (Å²) in [6, 6.07) is 9.28. The van der Waals surface area contributed by atoms with Crippen LogP contribution in [0.3, 0.4) is 0 Å². The third-order valence-corrected chi connectivity index (χ3v) is 6.16. The number of nitrogens with zero attached hydrogens (tertiary/aromatic N) is 3. The van der Waals surface area contributed by atoms with Gasteiger partial charge in [-0.05, 0) is 30.3 Å². The summed E-state index contributed by atoms with van der Waals surface area (Å²) in [4.78, 5) is 23.5. The van der Waals surface area contributed by atoms with E-state index in [0.29, 0.717) is 18.8 Å². The SMILES string of the molecule is CC1CN(c2ccncc2NC(=O)c2ccc3oc(-c4c(F)cccc4F)cc3n2)CC(N)C1O. The number of amides is 1. The van der Waals surface area contributed by atoms with Crippen molar-refractivity contribution in [3.05, 3.63) is 72.2 Å². The van der Waals surface area contributed by atoms with Crippen molar-refractivity contribution in [1.29, 1.82) is 0 Å². The lowest BCUT2D eigenvalue weighted by Crippen LogP contribution is -2.55. The van der Waals surface area contributed by atoms with Crippen molar-refractivity contribution >= 4 is 28.4 Å². The topological polar surface area (TPSA) is 118 Å². The number of carbonyl (C=O) groups is 1. The highest BCUT2D eigenvalue weighted by molar-refractivity contribution is 6.05. The van der Waals surface area contributed by atoms with Gasteiger partial charge < -0.3 is 25.5 Å². The second-order valence-corrected chi connectivity index (χ2v) is 8.67. The molecule has 1 aliphatic rings. The largest absolute Gasteiger partial charge is 0.454 e. The van der Waals surface area contributed by atoms with Crippen LogP contribution in [0.5, 0.6) is 0 Å². The van der Waals surface area contributed by atoms with Gasteiger partial charge in [-0.15, -0.1) is 0 Å². The molecular formula is C25H23F2N5O3. The van der Waals surface area contributed by atoms with Crippen molar-refractivity contribution < 1.29 is 23.1 Å². The summed E-state index contributed by atoms with van der Waals surface area (Å²) in [7, 11) is 0. The van der Waals surface area contributed by atoms with Crippen molar-refractivity contribution in [2.75, 3.05) is 23.3 Å². The molecule has 0 bridgehead atoms.